The third kappa shape index (κ3) is 3.61. The molecule has 0 unspecified atom stereocenters. The van der Waals surface area contributed by atoms with Crippen LogP contribution in [0, 0.1) is 0 Å². The van der Waals surface area contributed by atoms with E-state index in [1.807, 2.05) is 0 Å². The molecule has 0 saturated carbocycles. The lowest BCUT2D eigenvalue weighted by molar-refractivity contribution is -0.137. The number of aromatic nitrogens is 3. The number of hydrogen-bond donors (Lipinski definition) is 0. The molecule has 0 bridgehead atoms. The molecule has 1 atom stereocenters. The predicted octanol–water partition coefficient (Wildman–Crippen LogP) is 2.18. The van der Waals surface area contributed by atoms with E-state index in [9.17, 15) is 18.0 Å². The number of ether oxygens (including phenoxy) is 1. The number of nitrogens with zero attached hydrogens (tertiary/aromatic N) is 4. The van der Waals surface area contributed by atoms with E-state index in [0.717, 1.165) is 18.3 Å². The summed E-state index contributed by atoms with van der Waals surface area (Å²) in [5.74, 6) is -0.367. The molecule has 0 N–H and O–H groups in total. The molecule has 1 saturated heterocycles. The largest absolute Gasteiger partial charge is 0.472 e. The second kappa shape index (κ2) is 6.42. The zero-order chi connectivity index (χ0) is 17.2. The van der Waals surface area contributed by atoms with Crippen molar-refractivity contribution in [1.82, 2.24) is 19.9 Å². The van der Waals surface area contributed by atoms with Crippen LogP contribution in [0.1, 0.15) is 22.6 Å². The Labute approximate surface area is 135 Å². The maximum atomic E-state index is 12.7. The van der Waals surface area contributed by atoms with Crippen LogP contribution in [-0.4, -0.2) is 45.0 Å². The van der Waals surface area contributed by atoms with Gasteiger partial charge in [-0.3, -0.25) is 4.79 Å². The quantitative estimate of drug-likeness (QED) is 0.858. The standard InChI is InChI=1S/C15H13F3N4O2/c16-15(17,18)10-2-6-19-12(8-10)24-11-3-7-22(9-11)14(23)13-20-4-1-5-21-13/h1-2,4-6,8,11H,3,7,9H2/t11-/m1/s1. The van der Waals surface area contributed by atoms with Gasteiger partial charge in [-0.2, -0.15) is 13.2 Å². The van der Waals surface area contributed by atoms with Crippen LogP contribution in [0.2, 0.25) is 0 Å². The summed E-state index contributed by atoms with van der Waals surface area (Å²) in [7, 11) is 0. The number of carbonyl (C=O) groups excluding carboxylic acids is 1. The number of hydrogen-bond acceptors (Lipinski definition) is 5. The molecule has 126 valence electrons. The predicted molar refractivity (Wildman–Crippen MR) is 76.2 cm³/mol. The first kappa shape index (κ1) is 16.2. The zero-order valence-corrected chi connectivity index (χ0v) is 12.4. The smallest absolute Gasteiger partial charge is 0.416 e. The molecule has 3 rings (SSSR count). The molecule has 2 aromatic heterocycles. The monoisotopic (exact) mass is 338 g/mol. The van der Waals surface area contributed by atoms with Gasteiger partial charge in [-0.05, 0) is 12.1 Å². The maximum Gasteiger partial charge on any atom is 0.416 e. The average Bonchev–Trinajstić information content (AvgIpc) is 3.03. The van der Waals surface area contributed by atoms with Crippen molar-refractivity contribution >= 4 is 5.91 Å². The number of rotatable bonds is 3. The number of likely N-dealkylation sites (tertiary alicyclic amines) is 1. The van der Waals surface area contributed by atoms with Gasteiger partial charge in [0, 0.05) is 37.6 Å². The molecule has 0 radical (unpaired) electrons. The summed E-state index contributed by atoms with van der Waals surface area (Å²) in [5.41, 5.74) is -0.823. The average molecular weight is 338 g/mol. The van der Waals surface area contributed by atoms with Gasteiger partial charge in [0.1, 0.15) is 6.10 Å². The van der Waals surface area contributed by atoms with Crippen molar-refractivity contribution in [3.05, 3.63) is 48.2 Å². The van der Waals surface area contributed by atoms with Gasteiger partial charge in [0.05, 0.1) is 12.1 Å². The molecule has 2 aromatic rings. The van der Waals surface area contributed by atoms with Crippen molar-refractivity contribution in [3.8, 4) is 5.88 Å². The van der Waals surface area contributed by atoms with Crippen LogP contribution in [-0.2, 0) is 6.18 Å². The van der Waals surface area contributed by atoms with Gasteiger partial charge in [-0.15, -0.1) is 0 Å². The molecule has 0 spiro atoms. The summed E-state index contributed by atoms with van der Waals surface area (Å²) >= 11 is 0. The molecule has 9 heteroatoms. The van der Waals surface area contributed by atoms with Gasteiger partial charge >= 0.3 is 6.18 Å². The lowest BCUT2D eigenvalue weighted by atomic mass is 10.2. The van der Waals surface area contributed by atoms with Crippen LogP contribution >= 0.6 is 0 Å². The Bertz CT molecular complexity index is 724. The Hall–Kier alpha value is -2.71. The molecular formula is C15H13F3N4O2. The molecule has 0 aliphatic carbocycles. The lowest BCUT2D eigenvalue weighted by Gasteiger charge is -2.16. The van der Waals surface area contributed by atoms with Gasteiger partial charge in [0.25, 0.3) is 5.91 Å². The van der Waals surface area contributed by atoms with Crippen LogP contribution in [0.15, 0.2) is 36.8 Å². The fourth-order valence-electron chi connectivity index (χ4n) is 2.38. The highest BCUT2D eigenvalue weighted by molar-refractivity contribution is 5.90. The number of carbonyl (C=O) groups is 1. The minimum Gasteiger partial charge on any atom is -0.472 e. The van der Waals surface area contributed by atoms with Crippen molar-refractivity contribution in [3.63, 3.8) is 0 Å². The number of halogens is 3. The Morgan fingerprint density at radius 3 is 2.67 bits per heavy atom. The van der Waals surface area contributed by atoms with Gasteiger partial charge in [-0.25, -0.2) is 15.0 Å². The highest BCUT2D eigenvalue weighted by atomic mass is 19.4. The molecule has 1 aliphatic heterocycles. The summed E-state index contributed by atoms with van der Waals surface area (Å²) < 4.78 is 43.5. The van der Waals surface area contributed by atoms with Gasteiger partial charge in [0.15, 0.2) is 0 Å². The molecule has 24 heavy (non-hydrogen) atoms. The Morgan fingerprint density at radius 1 is 1.21 bits per heavy atom. The van der Waals surface area contributed by atoms with Crippen molar-refractivity contribution in [2.75, 3.05) is 13.1 Å². The van der Waals surface area contributed by atoms with Gasteiger partial charge in [-0.1, -0.05) is 0 Å². The molecule has 3 heterocycles. The first-order valence-corrected chi connectivity index (χ1v) is 7.19. The summed E-state index contributed by atoms with van der Waals surface area (Å²) in [6.07, 6.45) is -0.393. The maximum absolute atomic E-state index is 12.7. The molecular weight excluding hydrogens is 325 g/mol. The second-order valence-electron chi connectivity index (χ2n) is 5.23. The summed E-state index contributed by atoms with van der Waals surface area (Å²) in [6.45, 7) is 0.662. The van der Waals surface area contributed by atoms with E-state index in [1.54, 1.807) is 6.07 Å². The Morgan fingerprint density at radius 2 is 1.96 bits per heavy atom. The molecule has 6 nitrogen and oxygen atoms in total. The third-order valence-corrected chi connectivity index (χ3v) is 3.54. The number of alkyl halides is 3. The van der Waals surface area contributed by atoms with Crippen molar-refractivity contribution in [1.29, 1.82) is 0 Å². The van der Waals surface area contributed by atoms with E-state index < -0.39 is 17.8 Å². The highest BCUT2D eigenvalue weighted by Crippen LogP contribution is 2.31. The van der Waals surface area contributed by atoms with E-state index in [-0.39, 0.29) is 24.2 Å². The first-order chi connectivity index (χ1) is 11.4. The second-order valence-corrected chi connectivity index (χ2v) is 5.23. The van der Waals surface area contributed by atoms with Gasteiger partial charge < -0.3 is 9.64 Å². The molecule has 1 aliphatic rings. The van der Waals surface area contributed by atoms with Crippen molar-refractivity contribution < 1.29 is 22.7 Å². The number of amides is 1. The van der Waals surface area contributed by atoms with Gasteiger partial charge in [0.2, 0.25) is 11.7 Å². The Balaban J connectivity index is 1.64. The molecule has 0 aromatic carbocycles. The van der Waals surface area contributed by atoms with Crippen LogP contribution in [0.5, 0.6) is 5.88 Å². The SMILES string of the molecule is O=C(c1ncccn1)N1CC[C@@H](Oc2cc(C(F)(F)F)ccn2)C1. The topological polar surface area (TPSA) is 68.2 Å². The summed E-state index contributed by atoms with van der Waals surface area (Å²) in [4.78, 5) is 25.3. The minimum absolute atomic E-state index is 0.0790. The zero-order valence-electron chi connectivity index (χ0n) is 12.4. The van der Waals surface area contributed by atoms with Crippen LogP contribution in [0.25, 0.3) is 0 Å². The fourth-order valence-corrected chi connectivity index (χ4v) is 2.38. The van der Waals surface area contributed by atoms with E-state index in [1.165, 1.54) is 17.3 Å². The molecule has 1 fully saturated rings. The van der Waals surface area contributed by atoms with E-state index >= 15 is 0 Å². The van der Waals surface area contributed by atoms with Crippen LogP contribution < -0.4 is 4.74 Å². The Kier molecular flexibility index (Phi) is 4.32. The van der Waals surface area contributed by atoms with Crippen molar-refractivity contribution in [2.45, 2.75) is 18.7 Å². The first-order valence-electron chi connectivity index (χ1n) is 7.19. The fraction of sp³-hybridized carbons (Fsp3) is 0.333. The number of pyridine rings is 1. The van der Waals surface area contributed by atoms with Crippen molar-refractivity contribution in [2.24, 2.45) is 0 Å². The highest BCUT2D eigenvalue weighted by Gasteiger charge is 2.32. The van der Waals surface area contributed by atoms with E-state index in [4.69, 9.17) is 4.74 Å². The lowest BCUT2D eigenvalue weighted by Crippen LogP contribution is -2.32. The van der Waals surface area contributed by atoms with E-state index in [0.29, 0.717) is 13.0 Å². The van der Waals surface area contributed by atoms with Crippen LogP contribution in [0.3, 0.4) is 0 Å². The summed E-state index contributed by atoms with van der Waals surface area (Å²) in [6, 6.07) is 3.33. The third-order valence-electron chi connectivity index (χ3n) is 3.54. The van der Waals surface area contributed by atoms with E-state index in [2.05, 4.69) is 15.0 Å². The molecule has 1 amide bonds. The van der Waals surface area contributed by atoms with Crippen LogP contribution in [0.4, 0.5) is 13.2 Å². The minimum atomic E-state index is -4.45. The normalized spacial score (nSPS) is 17.8. The summed E-state index contributed by atoms with van der Waals surface area (Å²) in [5, 5.41) is 0.